The maximum Gasteiger partial charge on any atom is 0.311 e. The van der Waals surface area contributed by atoms with Crippen LogP contribution in [-0.4, -0.2) is 21.5 Å². The molecule has 0 amide bonds. The van der Waals surface area contributed by atoms with Gasteiger partial charge in [0.05, 0.1) is 28.7 Å². The Morgan fingerprint density at radius 3 is 1.93 bits per heavy atom. The van der Waals surface area contributed by atoms with Gasteiger partial charge in [0.2, 0.25) is 0 Å². The summed E-state index contributed by atoms with van der Waals surface area (Å²) < 4.78 is 7.91. The maximum atomic E-state index is 12.7. The molecule has 0 saturated carbocycles. The first-order chi connectivity index (χ1) is 19.7. The summed E-state index contributed by atoms with van der Waals surface area (Å²) in [7, 11) is 0. The number of rotatable bonds is 7. The van der Waals surface area contributed by atoms with Crippen molar-refractivity contribution in [3.05, 3.63) is 144 Å². The quantitative estimate of drug-likeness (QED) is 0.210. The molecule has 40 heavy (non-hydrogen) atoms. The third-order valence-corrected chi connectivity index (χ3v) is 7.21. The Kier molecular flexibility index (Phi) is 6.98. The number of carbonyl (C=O) groups excluding carboxylic acids is 1. The van der Waals surface area contributed by atoms with Crippen LogP contribution in [0.3, 0.4) is 0 Å². The van der Waals surface area contributed by atoms with Crippen molar-refractivity contribution in [3.63, 3.8) is 0 Å². The molecule has 198 valence electrons. The molecule has 5 aromatic rings. The maximum absolute atomic E-state index is 12.7. The zero-order valence-electron chi connectivity index (χ0n) is 22.5. The number of hydrogen-bond acceptors (Lipinski definition) is 5. The molecule has 0 N–H and O–H groups in total. The Hall–Kier alpha value is -4.97. The third-order valence-electron chi connectivity index (χ3n) is 7.21. The normalized spacial score (nSPS) is 16.6. The van der Waals surface area contributed by atoms with Gasteiger partial charge in [-0.15, -0.1) is 0 Å². The second-order valence-electron chi connectivity index (χ2n) is 9.74. The van der Waals surface area contributed by atoms with E-state index >= 15 is 0 Å². The molecule has 6 rings (SSSR count). The zero-order chi connectivity index (χ0) is 27.5. The van der Waals surface area contributed by atoms with Crippen LogP contribution in [0.2, 0.25) is 0 Å². The van der Waals surface area contributed by atoms with Gasteiger partial charge in [-0.05, 0) is 42.3 Å². The fraction of sp³-hybridized carbons (Fsp3) is 0.147. The van der Waals surface area contributed by atoms with Crippen LogP contribution < -0.4 is 9.75 Å². The van der Waals surface area contributed by atoms with E-state index in [9.17, 15) is 4.79 Å². The van der Waals surface area contributed by atoms with Crippen LogP contribution in [0.1, 0.15) is 47.8 Å². The zero-order valence-corrected chi connectivity index (χ0v) is 22.5. The van der Waals surface area contributed by atoms with Crippen molar-refractivity contribution in [1.29, 1.82) is 0 Å². The highest BCUT2D eigenvalue weighted by atomic mass is 16.5. The molecule has 2 unspecified atom stereocenters. The molecule has 2 atom stereocenters. The second-order valence-corrected chi connectivity index (χ2v) is 9.74. The van der Waals surface area contributed by atoms with Crippen LogP contribution in [0.5, 0.6) is 5.75 Å². The van der Waals surface area contributed by atoms with Gasteiger partial charge < -0.3 is 4.74 Å². The third kappa shape index (κ3) is 4.69. The van der Waals surface area contributed by atoms with Crippen molar-refractivity contribution in [3.8, 4) is 11.4 Å². The molecule has 6 nitrogen and oxygen atoms in total. The van der Waals surface area contributed by atoms with Gasteiger partial charge in [0.15, 0.2) is 5.75 Å². The minimum absolute atomic E-state index is 0.179. The molecule has 0 saturated heterocycles. The summed E-state index contributed by atoms with van der Waals surface area (Å²) >= 11 is 0. The van der Waals surface area contributed by atoms with Crippen molar-refractivity contribution in [2.75, 3.05) is 5.01 Å². The highest BCUT2D eigenvalue weighted by Crippen LogP contribution is 2.48. The predicted octanol–water partition coefficient (Wildman–Crippen LogP) is 7.25. The summed E-state index contributed by atoms with van der Waals surface area (Å²) in [6.45, 7) is 3.74. The first kappa shape index (κ1) is 25.3. The smallest absolute Gasteiger partial charge is 0.311 e. The van der Waals surface area contributed by atoms with Gasteiger partial charge >= 0.3 is 5.97 Å². The van der Waals surface area contributed by atoms with Crippen LogP contribution >= 0.6 is 0 Å². The number of hydrogen-bond donors (Lipinski definition) is 0. The largest absolute Gasteiger partial charge is 0.422 e. The van der Waals surface area contributed by atoms with E-state index < -0.39 is 0 Å². The number of hydrazone groups is 1. The van der Waals surface area contributed by atoms with E-state index in [1.807, 2.05) is 114 Å². The molecule has 2 heterocycles. The van der Waals surface area contributed by atoms with Gasteiger partial charge in [0.1, 0.15) is 11.7 Å². The summed E-state index contributed by atoms with van der Waals surface area (Å²) in [5, 5.41) is 12.4. The molecule has 1 aliphatic rings. The fourth-order valence-corrected chi connectivity index (χ4v) is 5.29. The number of nitrogens with zero attached hydrogens (tertiary/aromatic N) is 4. The molecule has 1 aromatic heterocycles. The monoisotopic (exact) mass is 526 g/mol. The van der Waals surface area contributed by atoms with Gasteiger partial charge in [0, 0.05) is 6.42 Å². The van der Waals surface area contributed by atoms with Crippen LogP contribution in [0, 0.1) is 6.92 Å². The second kappa shape index (κ2) is 11.0. The van der Waals surface area contributed by atoms with E-state index in [0.717, 1.165) is 33.9 Å². The van der Waals surface area contributed by atoms with Crippen molar-refractivity contribution in [2.45, 2.75) is 32.2 Å². The highest BCUT2D eigenvalue weighted by molar-refractivity contribution is 6.08. The predicted molar refractivity (Wildman–Crippen MR) is 158 cm³/mol. The number of benzene rings is 4. The molecule has 1 aliphatic heterocycles. The first-order valence-corrected chi connectivity index (χ1v) is 13.5. The minimum atomic E-state index is -0.372. The highest BCUT2D eigenvalue weighted by Gasteiger charge is 2.44. The molecule has 4 aromatic carbocycles. The molecular weight excluding hydrogens is 496 g/mol. The first-order valence-electron chi connectivity index (χ1n) is 13.5. The van der Waals surface area contributed by atoms with Gasteiger partial charge in [-0.25, -0.2) is 4.68 Å². The van der Waals surface area contributed by atoms with Crippen molar-refractivity contribution < 1.29 is 9.53 Å². The van der Waals surface area contributed by atoms with Crippen LogP contribution in [0.25, 0.3) is 5.69 Å². The lowest BCUT2D eigenvalue weighted by Gasteiger charge is -2.28. The number of anilines is 1. The molecule has 0 radical (unpaired) electrons. The summed E-state index contributed by atoms with van der Waals surface area (Å²) in [6, 6.07) is 40.3. The Balaban J connectivity index is 1.61. The summed E-state index contributed by atoms with van der Waals surface area (Å²) in [5.41, 5.74) is 6.31. The molecular formula is C34H30N4O2. The number of ether oxygens (including phenoxy) is 1. The average Bonchev–Trinajstić information content (AvgIpc) is 3.57. The van der Waals surface area contributed by atoms with E-state index in [1.54, 1.807) is 6.92 Å². The summed E-state index contributed by atoms with van der Waals surface area (Å²) in [4.78, 5) is 12.7. The van der Waals surface area contributed by atoms with Crippen LogP contribution in [-0.2, 0) is 4.79 Å². The lowest BCUT2D eigenvalue weighted by molar-refractivity contribution is -0.134. The number of esters is 1. The Morgan fingerprint density at radius 2 is 1.32 bits per heavy atom. The average molecular weight is 527 g/mol. The Morgan fingerprint density at radius 1 is 0.775 bits per heavy atom. The lowest BCUT2D eigenvalue weighted by atomic mass is 9.83. The van der Waals surface area contributed by atoms with Crippen molar-refractivity contribution in [1.82, 2.24) is 9.78 Å². The summed E-state index contributed by atoms with van der Waals surface area (Å²) in [6.07, 6.45) is 0.260. The topological polar surface area (TPSA) is 59.7 Å². The number of carbonyl (C=O) groups is 1. The van der Waals surface area contributed by atoms with Crippen molar-refractivity contribution >= 4 is 17.4 Å². The molecule has 0 bridgehead atoms. The van der Waals surface area contributed by atoms with Crippen LogP contribution in [0.4, 0.5) is 5.69 Å². The van der Waals surface area contributed by atoms with Gasteiger partial charge in [0.25, 0.3) is 0 Å². The standard InChI is InChI=1S/C34H30N4O2/c1-3-29(39)40-34-24(2)37(27-20-12-6-13-21-27)36-32(34)33-30(25-16-8-4-9-17-25)31(26-18-10-5-11-19-26)35-38(33)28-22-14-7-15-23-28/h4-23,30,33H,3H2,1-2H3. The minimum Gasteiger partial charge on any atom is -0.422 e. The molecule has 0 fully saturated rings. The Labute approximate surface area is 234 Å². The molecule has 0 aliphatic carbocycles. The lowest BCUT2D eigenvalue weighted by Crippen LogP contribution is -2.26. The SMILES string of the molecule is CCC(=O)Oc1c(C2C(c3ccccc3)C(c3ccccc3)=NN2c2ccccc2)nn(-c2ccccc2)c1C. The summed E-state index contributed by atoms with van der Waals surface area (Å²) in [5.74, 6) is -0.00447. The van der Waals surface area contributed by atoms with Crippen molar-refractivity contribution in [2.24, 2.45) is 5.10 Å². The van der Waals surface area contributed by atoms with Crippen LogP contribution in [0.15, 0.2) is 126 Å². The number of para-hydroxylation sites is 2. The van der Waals surface area contributed by atoms with Gasteiger partial charge in [-0.3, -0.25) is 9.80 Å². The van der Waals surface area contributed by atoms with E-state index in [0.29, 0.717) is 11.4 Å². The number of aromatic nitrogens is 2. The molecule has 0 spiro atoms. The van der Waals surface area contributed by atoms with E-state index in [4.69, 9.17) is 14.9 Å². The van der Waals surface area contributed by atoms with E-state index in [2.05, 4.69) is 24.3 Å². The molecule has 6 heteroatoms. The van der Waals surface area contributed by atoms with Gasteiger partial charge in [-0.2, -0.15) is 10.2 Å². The van der Waals surface area contributed by atoms with E-state index in [-0.39, 0.29) is 24.3 Å². The van der Waals surface area contributed by atoms with E-state index in [1.165, 1.54) is 0 Å². The Bertz CT molecular complexity index is 1630. The fourth-order valence-electron chi connectivity index (χ4n) is 5.29. The van der Waals surface area contributed by atoms with Gasteiger partial charge in [-0.1, -0.05) is 104 Å².